The van der Waals surface area contributed by atoms with Gasteiger partial charge in [0.2, 0.25) is 11.8 Å². The minimum absolute atomic E-state index is 0.0308. The van der Waals surface area contributed by atoms with Gasteiger partial charge in [-0.05, 0) is 60.9 Å². The summed E-state index contributed by atoms with van der Waals surface area (Å²) >= 11 is 6.40. The Morgan fingerprint density at radius 2 is 1.93 bits per heavy atom. The highest BCUT2D eigenvalue weighted by molar-refractivity contribution is 6.30. The zero-order valence-electron chi connectivity index (χ0n) is 22.9. The van der Waals surface area contributed by atoms with Crippen molar-refractivity contribution in [2.75, 3.05) is 5.32 Å². The van der Waals surface area contributed by atoms with E-state index in [-0.39, 0.29) is 23.6 Å². The van der Waals surface area contributed by atoms with Crippen molar-refractivity contribution in [1.29, 1.82) is 0 Å². The van der Waals surface area contributed by atoms with Crippen LogP contribution in [0.25, 0.3) is 34.1 Å². The zero-order valence-corrected chi connectivity index (χ0v) is 23.7. The van der Waals surface area contributed by atoms with Crippen molar-refractivity contribution in [3.05, 3.63) is 75.5 Å². The third-order valence-corrected chi connectivity index (χ3v) is 8.10. The number of hydrogen-bond donors (Lipinski definition) is 2. The van der Waals surface area contributed by atoms with Crippen molar-refractivity contribution >= 4 is 28.7 Å². The molecule has 11 heteroatoms. The quantitative estimate of drug-likeness (QED) is 0.204. The molecule has 2 aromatic carbocycles. The molecule has 1 aliphatic rings. The second-order valence-corrected chi connectivity index (χ2v) is 11.3. The molecule has 0 bridgehead atoms. The minimum Gasteiger partial charge on any atom is -0.384 e. The molecule has 1 aliphatic carbocycles. The molecule has 3 heterocycles. The third kappa shape index (κ3) is 5.74. The lowest BCUT2D eigenvalue weighted by atomic mass is 9.83. The highest BCUT2D eigenvalue weighted by Gasteiger charge is 2.26. The fraction of sp³-hybridized carbons (Fsp3) is 0.367. The van der Waals surface area contributed by atoms with Gasteiger partial charge < -0.3 is 14.3 Å². The second kappa shape index (κ2) is 11.4. The van der Waals surface area contributed by atoms with Crippen molar-refractivity contribution in [1.82, 2.24) is 29.7 Å². The van der Waals surface area contributed by atoms with Gasteiger partial charge >= 0.3 is 5.76 Å². The molecule has 3 aromatic heterocycles. The highest BCUT2D eigenvalue weighted by atomic mass is 35.5. The van der Waals surface area contributed by atoms with Crippen LogP contribution in [0.4, 0.5) is 10.3 Å². The molecule has 0 amide bonds. The average Bonchev–Trinajstić information content (AvgIpc) is 3.55. The van der Waals surface area contributed by atoms with E-state index >= 15 is 0 Å². The van der Waals surface area contributed by atoms with Gasteiger partial charge in [-0.15, -0.1) is 5.10 Å². The molecule has 9 nitrogen and oxygen atoms in total. The fourth-order valence-corrected chi connectivity index (χ4v) is 5.84. The van der Waals surface area contributed by atoms with Gasteiger partial charge in [0, 0.05) is 17.1 Å². The van der Waals surface area contributed by atoms with E-state index in [4.69, 9.17) is 26.0 Å². The van der Waals surface area contributed by atoms with Gasteiger partial charge in [-0.25, -0.2) is 24.3 Å². The summed E-state index contributed by atoms with van der Waals surface area (Å²) < 4.78 is 21.5. The average molecular weight is 576 g/mol. The number of nitrogens with one attached hydrogen (secondary N) is 2. The number of rotatable bonds is 8. The second-order valence-electron chi connectivity index (χ2n) is 10.8. The lowest BCUT2D eigenvalue weighted by Gasteiger charge is -2.28. The zero-order chi connectivity index (χ0) is 28.5. The summed E-state index contributed by atoms with van der Waals surface area (Å²) in [6, 6.07) is 13.9. The molecular formula is C30H31ClFN7O2. The molecule has 0 saturated heterocycles. The summed E-state index contributed by atoms with van der Waals surface area (Å²) in [5.41, 5.74) is 3.37. The number of H-pyrrole nitrogens is 1. The lowest BCUT2D eigenvalue weighted by molar-refractivity contribution is 0.267. The maximum Gasteiger partial charge on any atom is 0.434 e. The molecule has 0 aliphatic heterocycles. The van der Waals surface area contributed by atoms with E-state index in [0.717, 1.165) is 41.9 Å². The molecule has 0 radical (unpaired) electrons. The van der Waals surface area contributed by atoms with Crippen molar-refractivity contribution in [3.63, 3.8) is 0 Å². The Balaban J connectivity index is 1.54. The summed E-state index contributed by atoms with van der Waals surface area (Å²) in [7, 11) is 0. The molecule has 212 valence electrons. The monoisotopic (exact) mass is 575 g/mol. The third-order valence-electron chi connectivity index (χ3n) is 7.87. The van der Waals surface area contributed by atoms with Crippen LogP contribution in [0.1, 0.15) is 57.6 Å². The summed E-state index contributed by atoms with van der Waals surface area (Å²) in [5, 5.41) is 10.4. The van der Waals surface area contributed by atoms with E-state index in [1.165, 1.54) is 18.9 Å². The first kappa shape index (κ1) is 27.1. The summed E-state index contributed by atoms with van der Waals surface area (Å²) in [6.45, 7) is 5.08. The number of halogens is 2. The van der Waals surface area contributed by atoms with Crippen LogP contribution in [0.15, 0.2) is 57.7 Å². The maximum absolute atomic E-state index is 14.2. The van der Waals surface area contributed by atoms with Gasteiger partial charge in [-0.1, -0.05) is 62.6 Å². The normalized spacial score (nSPS) is 18.0. The van der Waals surface area contributed by atoms with Crippen LogP contribution in [0.3, 0.4) is 0 Å². The lowest BCUT2D eigenvalue weighted by Crippen LogP contribution is -2.20. The Bertz CT molecular complexity index is 1740. The Labute approximate surface area is 241 Å². The number of aromatic amines is 1. The number of aromatic nitrogens is 6. The van der Waals surface area contributed by atoms with Crippen LogP contribution in [0.2, 0.25) is 5.02 Å². The summed E-state index contributed by atoms with van der Waals surface area (Å²) in [4.78, 5) is 26.2. The van der Waals surface area contributed by atoms with Gasteiger partial charge in [0.1, 0.15) is 17.0 Å². The minimum atomic E-state index is -0.701. The number of anilines is 1. The van der Waals surface area contributed by atoms with Crippen LogP contribution in [0.5, 0.6) is 0 Å². The summed E-state index contributed by atoms with van der Waals surface area (Å²) in [6.07, 6.45) is 5.31. The van der Waals surface area contributed by atoms with Gasteiger partial charge in [-0.2, -0.15) is 4.98 Å². The van der Waals surface area contributed by atoms with Gasteiger partial charge in [0.05, 0.1) is 6.04 Å². The smallest absolute Gasteiger partial charge is 0.384 e. The highest BCUT2D eigenvalue weighted by Crippen LogP contribution is 2.36. The molecule has 2 N–H and O–H groups in total. The van der Waals surface area contributed by atoms with E-state index in [2.05, 4.69) is 32.0 Å². The van der Waals surface area contributed by atoms with Crippen LogP contribution in [-0.4, -0.2) is 29.7 Å². The van der Waals surface area contributed by atoms with Crippen molar-refractivity contribution in [2.45, 2.75) is 58.5 Å². The van der Waals surface area contributed by atoms with E-state index in [0.29, 0.717) is 34.7 Å². The van der Waals surface area contributed by atoms with Crippen LogP contribution >= 0.6 is 11.6 Å². The predicted octanol–water partition coefficient (Wildman–Crippen LogP) is 7.02. The maximum atomic E-state index is 14.2. The van der Waals surface area contributed by atoms with Crippen molar-refractivity contribution < 1.29 is 8.81 Å². The Hall–Kier alpha value is -4.05. The molecule has 5 aromatic rings. The van der Waals surface area contributed by atoms with Crippen LogP contribution in [-0.2, 0) is 6.54 Å². The molecule has 1 fully saturated rings. The fourth-order valence-electron chi connectivity index (χ4n) is 5.65. The van der Waals surface area contributed by atoms with Crippen LogP contribution in [0, 0.1) is 17.7 Å². The van der Waals surface area contributed by atoms with Gasteiger partial charge in [0.15, 0.2) is 5.65 Å². The van der Waals surface area contributed by atoms with Crippen LogP contribution < -0.4 is 11.1 Å². The molecule has 1 atom stereocenters. The molecule has 0 spiro atoms. The molecule has 6 rings (SSSR count). The van der Waals surface area contributed by atoms with E-state index in [1.807, 2.05) is 31.2 Å². The Kier molecular flexibility index (Phi) is 7.57. The molecule has 41 heavy (non-hydrogen) atoms. The number of nitrogens with zero attached hydrogens (tertiary/aromatic N) is 5. The number of hydrogen-bond acceptors (Lipinski definition) is 7. The van der Waals surface area contributed by atoms with E-state index in [1.54, 1.807) is 18.2 Å². The number of imidazole rings is 1. The topological polar surface area (TPSA) is 115 Å². The van der Waals surface area contributed by atoms with Crippen molar-refractivity contribution in [2.24, 2.45) is 11.8 Å². The first-order chi connectivity index (χ1) is 19.9. The largest absolute Gasteiger partial charge is 0.434 e. The Morgan fingerprint density at radius 1 is 1.12 bits per heavy atom. The SMILES string of the molecule is CC[C@H](Nc1nc2nc(-c3n[nH]c(=O)o3)nc(-c3cccc(Cl)c3)c2n1CC1CCC(C)CC1)c1cccc(F)c1. The number of fused-ring (bicyclic) bond motifs is 1. The standard InChI is InChI=1S/C30H31ClFN7O2/c1-3-23(19-6-5-9-22(32)15-19)33-29-36-26-25(39(29)16-18-12-10-17(2)11-13-18)24(20-7-4-8-21(31)14-20)34-27(35-26)28-37-38-30(40)41-28/h4-9,14-15,17-18,23H,3,10-13,16H2,1-2H3,(H,38,40)(H,33,34,35,36)/t17?,18?,23-/m0/s1. The predicted molar refractivity (Wildman–Crippen MR) is 156 cm³/mol. The van der Waals surface area contributed by atoms with E-state index < -0.39 is 5.76 Å². The summed E-state index contributed by atoms with van der Waals surface area (Å²) in [5.74, 6) is 0.905. The molecule has 1 saturated carbocycles. The Morgan fingerprint density at radius 3 is 2.63 bits per heavy atom. The molecule has 0 unspecified atom stereocenters. The number of benzene rings is 2. The first-order valence-corrected chi connectivity index (χ1v) is 14.4. The first-order valence-electron chi connectivity index (χ1n) is 14.0. The van der Waals surface area contributed by atoms with Gasteiger partial charge in [-0.3, -0.25) is 0 Å². The van der Waals surface area contributed by atoms with Crippen molar-refractivity contribution in [3.8, 4) is 23.0 Å². The van der Waals surface area contributed by atoms with E-state index in [9.17, 15) is 9.18 Å². The van der Waals surface area contributed by atoms with Gasteiger partial charge in [0.25, 0.3) is 5.89 Å². The molecular weight excluding hydrogens is 545 g/mol.